The highest BCUT2D eigenvalue weighted by Gasteiger charge is 2.28. The van der Waals surface area contributed by atoms with E-state index in [4.69, 9.17) is 4.52 Å². The van der Waals surface area contributed by atoms with Crippen molar-refractivity contribution >= 4 is 29.9 Å². The number of benzene rings is 1. The van der Waals surface area contributed by atoms with Crippen molar-refractivity contribution in [2.75, 3.05) is 26.7 Å². The average Bonchev–Trinajstić information content (AvgIpc) is 2.97. The van der Waals surface area contributed by atoms with Gasteiger partial charge in [-0.25, -0.2) is 0 Å². The van der Waals surface area contributed by atoms with Crippen LogP contribution in [0.2, 0.25) is 0 Å². The summed E-state index contributed by atoms with van der Waals surface area (Å²) in [5.74, 6) is 3.15. The zero-order valence-corrected chi connectivity index (χ0v) is 19.1. The summed E-state index contributed by atoms with van der Waals surface area (Å²) in [6.45, 7) is 9.22. The maximum Gasteiger partial charge on any atom is 0.193 e. The Labute approximate surface area is 179 Å². The van der Waals surface area contributed by atoms with E-state index >= 15 is 0 Å². The van der Waals surface area contributed by atoms with Crippen molar-refractivity contribution in [3.8, 4) is 0 Å². The molecule has 2 heterocycles. The van der Waals surface area contributed by atoms with Gasteiger partial charge in [0.1, 0.15) is 5.76 Å². The summed E-state index contributed by atoms with van der Waals surface area (Å²) < 4.78 is 5.24. The molecule has 2 unspecified atom stereocenters. The number of nitrogens with one attached hydrogen (secondary N) is 1. The number of hydrogen-bond donors (Lipinski definition) is 1. The van der Waals surface area contributed by atoms with Crippen molar-refractivity contribution in [3.63, 3.8) is 0 Å². The minimum Gasteiger partial charge on any atom is -0.361 e. The number of rotatable bonds is 4. The normalized spacial score (nSPS) is 20.3. The van der Waals surface area contributed by atoms with Crippen molar-refractivity contribution in [2.24, 2.45) is 10.9 Å². The Kier molecular flexibility index (Phi) is 8.13. The fourth-order valence-electron chi connectivity index (χ4n) is 4.02. The molecular weight excluding hydrogens is 451 g/mol. The smallest absolute Gasteiger partial charge is 0.193 e. The summed E-state index contributed by atoms with van der Waals surface area (Å²) in [6, 6.07) is 10.9. The molecule has 5 nitrogen and oxygen atoms in total. The third-order valence-electron chi connectivity index (χ3n) is 5.48. The summed E-state index contributed by atoms with van der Waals surface area (Å²) in [7, 11) is 1.87. The van der Waals surface area contributed by atoms with E-state index in [1.54, 1.807) is 0 Å². The number of aliphatic imine (C=N–C) groups is 1. The first kappa shape index (κ1) is 21.7. The van der Waals surface area contributed by atoms with Gasteiger partial charge in [0.05, 0.1) is 5.69 Å². The van der Waals surface area contributed by atoms with Gasteiger partial charge >= 0.3 is 0 Å². The highest BCUT2D eigenvalue weighted by atomic mass is 127. The fraction of sp³-hybridized carbons (Fsp3) is 0.524. The van der Waals surface area contributed by atoms with Gasteiger partial charge in [-0.2, -0.15) is 0 Å². The predicted octanol–water partition coefficient (Wildman–Crippen LogP) is 4.15. The highest BCUT2D eigenvalue weighted by Crippen LogP contribution is 2.32. The van der Waals surface area contributed by atoms with Gasteiger partial charge in [0.15, 0.2) is 5.96 Å². The largest absolute Gasteiger partial charge is 0.361 e. The van der Waals surface area contributed by atoms with E-state index in [1.807, 2.05) is 20.9 Å². The van der Waals surface area contributed by atoms with E-state index in [0.29, 0.717) is 11.8 Å². The Bertz CT molecular complexity index is 724. The number of likely N-dealkylation sites (tertiary alicyclic amines) is 1. The van der Waals surface area contributed by atoms with Crippen LogP contribution in [0.15, 0.2) is 39.8 Å². The lowest BCUT2D eigenvalue weighted by molar-refractivity contribution is 0.234. The molecule has 1 aromatic carbocycles. The molecule has 0 bridgehead atoms. The highest BCUT2D eigenvalue weighted by molar-refractivity contribution is 14.0. The summed E-state index contributed by atoms with van der Waals surface area (Å²) in [5, 5.41) is 7.54. The van der Waals surface area contributed by atoms with Gasteiger partial charge in [-0.05, 0) is 44.1 Å². The average molecular weight is 482 g/mol. The second-order valence-corrected chi connectivity index (χ2v) is 7.26. The molecule has 6 heteroatoms. The first-order valence-electron chi connectivity index (χ1n) is 9.52. The van der Waals surface area contributed by atoms with Crippen LogP contribution in [-0.4, -0.2) is 42.7 Å². The molecule has 0 amide bonds. The first-order chi connectivity index (χ1) is 12.6. The Morgan fingerprint density at radius 1 is 1.30 bits per heavy atom. The minimum absolute atomic E-state index is 0. The second-order valence-electron chi connectivity index (χ2n) is 7.26. The number of piperidine rings is 1. The number of nitrogens with zero attached hydrogens (tertiary/aromatic N) is 3. The second kappa shape index (κ2) is 10.1. The molecule has 0 aliphatic carbocycles. The summed E-state index contributed by atoms with van der Waals surface area (Å²) in [6.07, 6.45) is 2.06. The Morgan fingerprint density at radius 3 is 2.63 bits per heavy atom. The van der Waals surface area contributed by atoms with Gasteiger partial charge in [0.25, 0.3) is 0 Å². The van der Waals surface area contributed by atoms with Crippen LogP contribution in [0.25, 0.3) is 0 Å². The minimum atomic E-state index is 0. The first-order valence-corrected chi connectivity index (χ1v) is 9.52. The lowest BCUT2D eigenvalue weighted by Gasteiger charge is -2.39. The molecule has 148 valence electrons. The van der Waals surface area contributed by atoms with Gasteiger partial charge in [-0.3, -0.25) is 4.99 Å². The SMILES string of the molecule is CN=C(NCCc1c(C)noc1C)N1CCC(c2ccccc2)C(C)C1.I. The lowest BCUT2D eigenvalue weighted by Crippen LogP contribution is -2.48. The lowest BCUT2D eigenvalue weighted by atomic mass is 9.82. The van der Waals surface area contributed by atoms with E-state index in [2.05, 4.69) is 57.6 Å². The van der Waals surface area contributed by atoms with E-state index in [9.17, 15) is 0 Å². The molecule has 0 radical (unpaired) electrons. The Morgan fingerprint density at radius 2 is 2.04 bits per heavy atom. The number of aromatic nitrogens is 1. The Hall–Kier alpha value is -1.57. The number of hydrogen-bond acceptors (Lipinski definition) is 3. The van der Waals surface area contributed by atoms with Crippen LogP contribution in [0.1, 0.15) is 41.8 Å². The molecule has 3 rings (SSSR count). The fourth-order valence-corrected chi connectivity index (χ4v) is 4.02. The molecule has 1 aliphatic heterocycles. The standard InChI is InChI=1S/C21H30N4O.HI/c1-15-14-25(13-11-19(15)18-8-6-5-7-9-18)21(22-4)23-12-10-20-16(2)24-26-17(20)3;/h5-9,15,19H,10-14H2,1-4H3,(H,22,23);1H. The molecule has 2 atom stereocenters. The zero-order valence-electron chi connectivity index (χ0n) is 16.7. The van der Waals surface area contributed by atoms with E-state index in [0.717, 1.165) is 49.9 Å². The van der Waals surface area contributed by atoms with Gasteiger partial charge in [0.2, 0.25) is 0 Å². The zero-order chi connectivity index (χ0) is 18.5. The van der Waals surface area contributed by atoms with Crippen LogP contribution in [-0.2, 0) is 6.42 Å². The molecule has 1 aliphatic rings. The van der Waals surface area contributed by atoms with Crippen LogP contribution in [0.5, 0.6) is 0 Å². The number of guanidine groups is 1. The van der Waals surface area contributed by atoms with E-state index in [1.165, 1.54) is 11.1 Å². The molecule has 1 aromatic heterocycles. The van der Waals surface area contributed by atoms with Crippen LogP contribution in [0.3, 0.4) is 0 Å². The Balaban J connectivity index is 0.00000261. The maximum absolute atomic E-state index is 5.24. The van der Waals surface area contributed by atoms with Crippen molar-refractivity contribution in [1.29, 1.82) is 0 Å². The van der Waals surface area contributed by atoms with E-state index in [-0.39, 0.29) is 24.0 Å². The van der Waals surface area contributed by atoms with Crippen LogP contribution < -0.4 is 5.32 Å². The molecule has 1 saturated heterocycles. The van der Waals surface area contributed by atoms with Crippen molar-refractivity contribution in [2.45, 2.75) is 39.5 Å². The van der Waals surface area contributed by atoms with Crippen LogP contribution in [0, 0.1) is 19.8 Å². The third-order valence-corrected chi connectivity index (χ3v) is 5.48. The van der Waals surface area contributed by atoms with Crippen molar-refractivity contribution in [1.82, 2.24) is 15.4 Å². The number of halogens is 1. The predicted molar refractivity (Wildman–Crippen MR) is 121 cm³/mol. The molecule has 27 heavy (non-hydrogen) atoms. The summed E-state index contributed by atoms with van der Waals surface area (Å²) in [5.41, 5.74) is 3.64. The quantitative estimate of drug-likeness (QED) is 0.404. The molecule has 2 aromatic rings. The monoisotopic (exact) mass is 482 g/mol. The van der Waals surface area contributed by atoms with Gasteiger partial charge in [0, 0.05) is 32.2 Å². The topological polar surface area (TPSA) is 53.7 Å². The van der Waals surface area contributed by atoms with Gasteiger partial charge < -0.3 is 14.7 Å². The molecule has 0 saturated carbocycles. The van der Waals surface area contributed by atoms with Gasteiger partial charge in [-0.15, -0.1) is 24.0 Å². The maximum atomic E-state index is 5.24. The van der Waals surface area contributed by atoms with Crippen LogP contribution >= 0.6 is 24.0 Å². The molecule has 0 spiro atoms. The van der Waals surface area contributed by atoms with E-state index < -0.39 is 0 Å². The van der Waals surface area contributed by atoms with Gasteiger partial charge in [-0.1, -0.05) is 42.4 Å². The summed E-state index contributed by atoms with van der Waals surface area (Å²) in [4.78, 5) is 6.89. The van der Waals surface area contributed by atoms with Crippen LogP contribution in [0.4, 0.5) is 0 Å². The molecular formula is C21H31IN4O. The van der Waals surface area contributed by atoms with Crippen molar-refractivity contribution < 1.29 is 4.52 Å². The number of aryl methyl sites for hydroxylation is 2. The molecule has 1 fully saturated rings. The van der Waals surface area contributed by atoms with Crippen molar-refractivity contribution in [3.05, 3.63) is 52.9 Å². The third kappa shape index (κ3) is 5.24. The molecule has 1 N–H and O–H groups in total. The summed E-state index contributed by atoms with van der Waals surface area (Å²) >= 11 is 0.